The van der Waals surface area contributed by atoms with Gasteiger partial charge in [-0.05, 0) is 49.8 Å². The van der Waals surface area contributed by atoms with Crippen LogP contribution in [0, 0.1) is 11.3 Å². The number of ether oxygens (including phenoxy) is 1. The first-order valence-electron chi connectivity index (χ1n) is 10.6. The van der Waals surface area contributed by atoms with Crippen molar-refractivity contribution in [3.63, 3.8) is 0 Å². The molecule has 0 aliphatic carbocycles. The molecule has 1 N–H and O–H groups in total. The van der Waals surface area contributed by atoms with Crippen molar-refractivity contribution in [3.8, 4) is 11.8 Å². The third-order valence-corrected chi connectivity index (χ3v) is 5.50. The zero-order chi connectivity index (χ0) is 20.3. The Labute approximate surface area is 174 Å². The second-order valence-electron chi connectivity index (χ2n) is 7.51. The summed E-state index contributed by atoms with van der Waals surface area (Å²) in [5, 5.41) is 12.7. The molecule has 0 unspecified atom stereocenters. The molecular formula is C24H32N4O. The fraction of sp³-hybridized carbons (Fsp3) is 0.458. The van der Waals surface area contributed by atoms with Crippen LogP contribution in [0.2, 0.25) is 0 Å². The number of likely N-dealkylation sites (N-methyl/N-ethyl adjacent to an activating group) is 1. The highest BCUT2D eigenvalue weighted by atomic mass is 16.5. The van der Waals surface area contributed by atoms with E-state index in [1.165, 1.54) is 51.3 Å². The van der Waals surface area contributed by atoms with E-state index in [-0.39, 0.29) is 0 Å². The lowest BCUT2D eigenvalue weighted by molar-refractivity contribution is 0.136. The van der Waals surface area contributed by atoms with Gasteiger partial charge in [0.15, 0.2) is 0 Å². The SMILES string of the molecule is CCN1CCN(CCCNCc2cccc(OCc3ccccc3C#N)c2)CC1. The van der Waals surface area contributed by atoms with E-state index in [0.717, 1.165) is 24.4 Å². The topological polar surface area (TPSA) is 51.5 Å². The highest BCUT2D eigenvalue weighted by Crippen LogP contribution is 2.16. The lowest BCUT2D eigenvalue weighted by atomic mass is 10.1. The van der Waals surface area contributed by atoms with Gasteiger partial charge in [-0.15, -0.1) is 0 Å². The lowest BCUT2D eigenvalue weighted by Gasteiger charge is -2.34. The maximum absolute atomic E-state index is 9.19. The van der Waals surface area contributed by atoms with Gasteiger partial charge < -0.3 is 19.9 Å². The lowest BCUT2D eigenvalue weighted by Crippen LogP contribution is -2.46. The minimum Gasteiger partial charge on any atom is -0.489 e. The minimum absolute atomic E-state index is 0.409. The van der Waals surface area contributed by atoms with E-state index >= 15 is 0 Å². The van der Waals surface area contributed by atoms with E-state index in [2.05, 4.69) is 40.2 Å². The van der Waals surface area contributed by atoms with E-state index < -0.39 is 0 Å². The maximum Gasteiger partial charge on any atom is 0.120 e. The molecule has 0 amide bonds. The predicted octanol–water partition coefficient (Wildman–Crippen LogP) is 3.25. The molecule has 5 heteroatoms. The highest BCUT2D eigenvalue weighted by Gasteiger charge is 2.14. The van der Waals surface area contributed by atoms with Crippen molar-refractivity contribution >= 4 is 0 Å². The average Bonchev–Trinajstić information content (AvgIpc) is 2.78. The van der Waals surface area contributed by atoms with Crippen LogP contribution in [0.25, 0.3) is 0 Å². The molecule has 1 aliphatic rings. The molecular weight excluding hydrogens is 360 g/mol. The molecule has 1 fully saturated rings. The number of nitrogens with zero attached hydrogens (tertiary/aromatic N) is 3. The Hall–Kier alpha value is -2.39. The van der Waals surface area contributed by atoms with Crippen LogP contribution in [0.1, 0.15) is 30.0 Å². The standard InChI is InChI=1S/C24H32N4O/c1-2-27-13-15-28(16-14-27)12-6-11-26-19-21-7-5-10-24(17-21)29-20-23-9-4-3-8-22(23)18-25/h3-5,7-10,17,26H,2,6,11-16,19-20H2,1H3. The molecule has 3 rings (SSSR count). The van der Waals surface area contributed by atoms with E-state index in [4.69, 9.17) is 4.74 Å². The minimum atomic E-state index is 0.409. The third-order valence-electron chi connectivity index (χ3n) is 5.50. The first kappa shape index (κ1) is 21.3. The number of benzene rings is 2. The summed E-state index contributed by atoms with van der Waals surface area (Å²) in [7, 11) is 0. The van der Waals surface area contributed by atoms with Gasteiger partial charge >= 0.3 is 0 Å². The Balaban J connectivity index is 1.36. The number of piperazine rings is 1. The fourth-order valence-electron chi connectivity index (χ4n) is 3.65. The Morgan fingerprint density at radius 1 is 1.03 bits per heavy atom. The first-order valence-corrected chi connectivity index (χ1v) is 10.6. The molecule has 1 heterocycles. The van der Waals surface area contributed by atoms with Crippen molar-refractivity contribution in [2.75, 3.05) is 45.8 Å². The summed E-state index contributed by atoms with van der Waals surface area (Å²) in [6.45, 7) is 11.7. The van der Waals surface area contributed by atoms with Gasteiger partial charge in [0, 0.05) is 38.3 Å². The molecule has 0 aromatic heterocycles. The van der Waals surface area contributed by atoms with Gasteiger partial charge in [0.2, 0.25) is 0 Å². The van der Waals surface area contributed by atoms with Crippen LogP contribution >= 0.6 is 0 Å². The zero-order valence-electron chi connectivity index (χ0n) is 17.4. The molecule has 29 heavy (non-hydrogen) atoms. The summed E-state index contributed by atoms with van der Waals surface area (Å²) in [6, 6.07) is 18.0. The monoisotopic (exact) mass is 392 g/mol. The van der Waals surface area contributed by atoms with Crippen LogP contribution in [0.15, 0.2) is 48.5 Å². The van der Waals surface area contributed by atoms with Gasteiger partial charge in [-0.2, -0.15) is 5.26 Å². The van der Waals surface area contributed by atoms with Crippen LogP contribution in [0.3, 0.4) is 0 Å². The highest BCUT2D eigenvalue weighted by molar-refractivity contribution is 5.37. The number of hydrogen-bond donors (Lipinski definition) is 1. The Morgan fingerprint density at radius 3 is 2.62 bits per heavy atom. The van der Waals surface area contributed by atoms with Crippen molar-refractivity contribution in [1.82, 2.24) is 15.1 Å². The summed E-state index contributed by atoms with van der Waals surface area (Å²) in [5.41, 5.74) is 2.80. The van der Waals surface area contributed by atoms with Gasteiger partial charge in [0.05, 0.1) is 11.6 Å². The normalized spacial score (nSPS) is 15.2. The average molecular weight is 393 g/mol. The molecule has 0 spiro atoms. The first-order chi connectivity index (χ1) is 14.3. The Kier molecular flexibility index (Phi) is 8.51. The predicted molar refractivity (Wildman–Crippen MR) is 117 cm³/mol. The molecule has 1 saturated heterocycles. The van der Waals surface area contributed by atoms with Gasteiger partial charge in [-0.25, -0.2) is 0 Å². The van der Waals surface area contributed by atoms with Gasteiger partial charge in [-0.1, -0.05) is 37.3 Å². The summed E-state index contributed by atoms with van der Waals surface area (Å²) in [4.78, 5) is 5.09. The molecule has 0 radical (unpaired) electrons. The summed E-state index contributed by atoms with van der Waals surface area (Å²) in [6.07, 6.45) is 1.17. The molecule has 0 saturated carbocycles. The van der Waals surface area contributed by atoms with E-state index in [0.29, 0.717) is 12.2 Å². The Morgan fingerprint density at radius 2 is 1.83 bits per heavy atom. The summed E-state index contributed by atoms with van der Waals surface area (Å²) in [5.74, 6) is 0.839. The molecule has 2 aromatic carbocycles. The molecule has 5 nitrogen and oxygen atoms in total. The molecule has 2 aromatic rings. The molecule has 0 bridgehead atoms. The number of hydrogen-bond acceptors (Lipinski definition) is 5. The third kappa shape index (κ3) is 6.86. The zero-order valence-corrected chi connectivity index (χ0v) is 17.4. The van der Waals surface area contributed by atoms with E-state index in [1.807, 2.05) is 36.4 Å². The smallest absolute Gasteiger partial charge is 0.120 e. The van der Waals surface area contributed by atoms with Gasteiger partial charge in [0.25, 0.3) is 0 Å². The summed E-state index contributed by atoms with van der Waals surface area (Å²) >= 11 is 0. The van der Waals surface area contributed by atoms with Crippen LogP contribution in [-0.2, 0) is 13.2 Å². The van der Waals surface area contributed by atoms with Crippen molar-refractivity contribution in [2.24, 2.45) is 0 Å². The summed E-state index contributed by atoms with van der Waals surface area (Å²) < 4.78 is 5.91. The second kappa shape index (κ2) is 11.6. The molecule has 154 valence electrons. The van der Waals surface area contributed by atoms with Crippen molar-refractivity contribution < 1.29 is 4.74 Å². The van der Waals surface area contributed by atoms with E-state index in [9.17, 15) is 5.26 Å². The number of nitrogens with one attached hydrogen (secondary N) is 1. The van der Waals surface area contributed by atoms with Crippen LogP contribution in [-0.4, -0.2) is 55.6 Å². The van der Waals surface area contributed by atoms with Crippen LogP contribution in [0.4, 0.5) is 0 Å². The largest absolute Gasteiger partial charge is 0.489 e. The van der Waals surface area contributed by atoms with E-state index in [1.54, 1.807) is 0 Å². The number of nitriles is 1. The number of rotatable bonds is 10. The Bertz CT molecular complexity index is 793. The fourth-order valence-corrected chi connectivity index (χ4v) is 3.65. The molecule has 1 aliphatic heterocycles. The van der Waals surface area contributed by atoms with Gasteiger partial charge in [-0.3, -0.25) is 0 Å². The quantitative estimate of drug-likeness (QED) is 0.629. The van der Waals surface area contributed by atoms with Crippen molar-refractivity contribution in [3.05, 3.63) is 65.2 Å². The maximum atomic E-state index is 9.19. The van der Waals surface area contributed by atoms with Gasteiger partial charge in [0.1, 0.15) is 12.4 Å². The molecule has 0 atom stereocenters. The van der Waals surface area contributed by atoms with Crippen molar-refractivity contribution in [1.29, 1.82) is 5.26 Å². The van der Waals surface area contributed by atoms with Crippen LogP contribution in [0.5, 0.6) is 5.75 Å². The van der Waals surface area contributed by atoms with Crippen molar-refractivity contribution in [2.45, 2.75) is 26.5 Å². The van der Waals surface area contributed by atoms with Crippen LogP contribution < -0.4 is 10.1 Å². The second-order valence-corrected chi connectivity index (χ2v) is 7.51.